The summed E-state index contributed by atoms with van der Waals surface area (Å²) in [5, 5.41) is 3.80. The summed E-state index contributed by atoms with van der Waals surface area (Å²) in [4.78, 5) is 12.4. The molecule has 1 amide bonds. The van der Waals surface area contributed by atoms with Crippen molar-refractivity contribution in [2.75, 3.05) is 0 Å². The van der Waals surface area contributed by atoms with Crippen molar-refractivity contribution < 1.29 is 4.79 Å². The Balaban J connectivity index is 1.74. The molecule has 2 atom stereocenters. The Hall–Kier alpha value is -1.80. The quantitative estimate of drug-likeness (QED) is 0.883. The zero-order chi connectivity index (χ0) is 15.9. The lowest BCUT2D eigenvalue weighted by Crippen LogP contribution is -2.28. The number of nitrogens with one attached hydrogen (secondary N) is 1. The lowest BCUT2D eigenvalue weighted by atomic mass is 10.0. The van der Waals surface area contributed by atoms with Crippen molar-refractivity contribution in [3.8, 4) is 0 Å². The van der Waals surface area contributed by atoms with E-state index in [-0.39, 0.29) is 17.4 Å². The Kier molecular flexibility index (Phi) is 3.73. The van der Waals surface area contributed by atoms with Gasteiger partial charge in [-0.2, -0.15) is 0 Å². The third-order valence-electron chi connectivity index (χ3n) is 4.66. The van der Waals surface area contributed by atoms with Crippen LogP contribution >= 0.6 is 11.6 Å². The number of hydrogen-bond donors (Lipinski definition) is 1. The maximum absolute atomic E-state index is 12.4. The van der Waals surface area contributed by atoms with Crippen LogP contribution in [0.2, 0.25) is 5.02 Å². The maximum atomic E-state index is 12.4. The SMILES string of the molecule is Cc1ccc([C@@H]2[C@@H](NC(=O)c3ccc(Cl)cc3)C2(C)C)cc1. The zero-order valence-corrected chi connectivity index (χ0v) is 13.8. The van der Waals surface area contributed by atoms with Gasteiger partial charge in [-0.15, -0.1) is 0 Å². The topological polar surface area (TPSA) is 29.1 Å². The van der Waals surface area contributed by atoms with E-state index in [2.05, 4.69) is 50.4 Å². The molecule has 1 N–H and O–H groups in total. The van der Waals surface area contributed by atoms with E-state index < -0.39 is 0 Å². The molecule has 0 saturated heterocycles. The van der Waals surface area contributed by atoms with Gasteiger partial charge < -0.3 is 5.32 Å². The van der Waals surface area contributed by atoms with Gasteiger partial charge in [0.05, 0.1) is 0 Å². The zero-order valence-electron chi connectivity index (χ0n) is 13.1. The first-order valence-corrected chi connectivity index (χ1v) is 7.90. The van der Waals surface area contributed by atoms with Crippen LogP contribution in [-0.2, 0) is 0 Å². The minimum atomic E-state index is -0.0376. The molecule has 0 aliphatic heterocycles. The smallest absolute Gasteiger partial charge is 0.251 e. The number of rotatable bonds is 3. The molecule has 0 heterocycles. The Morgan fingerprint density at radius 3 is 2.23 bits per heavy atom. The van der Waals surface area contributed by atoms with Crippen molar-refractivity contribution in [1.29, 1.82) is 0 Å². The van der Waals surface area contributed by atoms with E-state index in [1.807, 2.05) is 0 Å². The summed E-state index contributed by atoms with van der Waals surface area (Å²) < 4.78 is 0. The second-order valence-corrected chi connectivity index (χ2v) is 7.10. The van der Waals surface area contributed by atoms with Gasteiger partial charge in [-0.05, 0) is 42.2 Å². The van der Waals surface area contributed by atoms with Crippen LogP contribution in [0.1, 0.15) is 41.3 Å². The van der Waals surface area contributed by atoms with Crippen LogP contribution in [0.5, 0.6) is 0 Å². The fraction of sp³-hybridized carbons (Fsp3) is 0.316. The van der Waals surface area contributed by atoms with Gasteiger partial charge in [0.1, 0.15) is 0 Å². The molecule has 0 aromatic heterocycles. The number of carbonyl (C=O) groups excluding carboxylic acids is 1. The van der Waals surface area contributed by atoms with E-state index in [1.165, 1.54) is 11.1 Å². The first-order chi connectivity index (χ1) is 10.4. The third-order valence-corrected chi connectivity index (χ3v) is 4.91. The highest BCUT2D eigenvalue weighted by molar-refractivity contribution is 6.30. The van der Waals surface area contributed by atoms with Gasteiger partial charge >= 0.3 is 0 Å². The number of hydrogen-bond acceptors (Lipinski definition) is 1. The van der Waals surface area contributed by atoms with E-state index in [9.17, 15) is 4.79 Å². The van der Waals surface area contributed by atoms with Crippen LogP contribution in [0.15, 0.2) is 48.5 Å². The van der Waals surface area contributed by atoms with Gasteiger partial charge in [0.2, 0.25) is 0 Å². The van der Waals surface area contributed by atoms with Crippen molar-refractivity contribution in [2.45, 2.75) is 32.7 Å². The monoisotopic (exact) mass is 313 g/mol. The molecule has 0 spiro atoms. The fourth-order valence-electron chi connectivity index (χ4n) is 3.13. The lowest BCUT2D eigenvalue weighted by Gasteiger charge is -2.06. The summed E-state index contributed by atoms with van der Waals surface area (Å²) in [6.45, 7) is 6.48. The van der Waals surface area contributed by atoms with Gasteiger partial charge in [-0.3, -0.25) is 4.79 Å². The van der Waals surface area contributed by atoms with Crippen LogP contribution in [0, 0.1) is 12.3 Å². The third kappa shape index (κ3) is 2.76. The molecular weight excluding hydrogens is 294 g/mol. The summed E-state index contributed by atoms with van der Waals surface area (Å²) in [6, 6.07) is 15.7. The highest BCUT2D eigenvalue weighted by Crippen LogP contribution is 2.58. The second kappa shape index (κ2) is 5.44. The van der Waals surface area contributed by atoms with Crippen LogP contribution in [-0.4, -0.2) is 11.9 Å². The average molecular weight is 314 g/mol. The maximum Gasteiger partial charge on any atom is 0.251 e. The van der Waals surface area contributed by atoms with Crippen molar-refractivity contribution >= 4 is 17.5 Å². The van der Waals surface area contributed by atoms with E-state index in [4.69, 9.17) is 11.6 Å². The minimum absolute atomic E-state index is 0.0376. The van der Waals surface area contributed by atoms with Crippen molar-refractivity contribution in [1.82, 2.24) is 5.32 Å². The Morgan fingerprint density at radius 2 is 1.64 bits per heavy atom. The van der Waals surface area contributed by atoms with Gasteiger partial charge in [0.25, 0.3) is 5.91 Å². The van der Waals surface area contributed by atoms with Crippen LogP contribution in [0.25, 0.3) is 0 Å². The standard InChI is InChI=1S/C19H20ClNO/c1-12-4-6-13(7-5-12)16-17(19(16,2)3)21-18(22)14-8-10-15(20)11-9-14/h4-11,16-17H,1-3H3,(H,21,22)/t16-,17-/m1/s1. The second-order valence-electron chi connectivity index (χ2n) is 6.67. The summed E-state index contributed by atoms with van der Waals surface area (Å²) in [7, 11) is 0. The first kappa shape index (κ1) is 15.1. The van der Waals surface area contributed by atoms with Gasteiger partial charge in [-0.1, -0.05) is 55.3 Å². The molecule has 0 unspecified atom stereocenters. The predicted octanol–water partition coefficient (Wildman–Crippen LogP) is 4.57. The molecule has 114 valence electrons. The summed E-state index contributed by atoms with van der Waals surface area (Å²) >= 11 is 5.86. The average Bonchev–Trinajstić information content (AvgIpc) is 3.01. The molecule has 3 rings (SSSR count). The van der Waals surface area contributed by atoms with Gasteiger partial charge in [0.15, 0.2) is 0 Å². The van der Waals surface area contributed by atoms with Crippen LogP contribution < -0.4 is 5.32 Å². The molecule has 2 aromatic rings. The van der Waals surface area contributed by atoms with Crippen molar-refractivity contribution in [3.63, 3.8) is 0 Å². The van der Waals surface area contributed by atoms with E-state index in [1.54, 1.807) is 24.3 Å². The summed E-state index contributed by atoms with van der Waals surface area (Å²) in [5.41, 5.74) is 3.27. The van der Waals surface area contributed by atoms with E-state index in [0.29, 0.717) is 16.5 Å². The lowest BCUT2D eigenvalue weighted by molar-refractivity contribution is 0.0946. The first-order valence-electron chi connectivity index (χ1n) is 7.52. The molecule has 0 radical (unpaired) electrons. The van der Waals surface area contributed by atoms with Crippen molar-refractivity contribution in [2.24, 2.45) is 5.41 Å². The van der Waals surface area contributed by atoms with Gasteiger partial charge in [-0.25, -0.2) is 0 Å². The number of carbonyl (C=O) groups is 1. The molecular formula is C19H20ClNO. The van der Waals surface area contributed by atoms with Crippen LogP contribution in [0.4, 0.5) is 0 Å². The van der Waals surface area contributed by atoms with E-state index in [0.717, 1.165) is 0 Å². The highest BCUT2D eigenvalue weighted by atomic mass is 35.5. The van der Waals surface area contributed by atoms with E-state index >= 15 is 0 Å². The molecule has 3 heteroatoms. The van der Waals surface area contributed by atoms with Gasteiger partial charge in [0, 0.05) is 22.5 Å². The molecule has 1 fully saturated rings. The predicted molar refractivity (Wildman–Crippen MR) is 90.4 cm³/mol. The van der Waals surface area contributed by atoms with Crippen LogP contribution in [0.3, 0.4) is 0 Å². The fourth-order valence-corrected chi connectivity index (χ4v) is 3.25. The number of amides is 1. The van der Waals surface area contributed by atoms with Crippen molar-refractivity contribution in [3.05, 3.63) is 70.2 Å². The molecule has 22 heavy (non-hydrogen) atoms. The molecule has 1 saturated carbocycles. The molecule has 1 aliphatic carbocycles. The highest BCUT2D eigenvalue weighted by Gasteiger charge is 2.59. The molecule has 2 aromatic carbocycles. The number of halogens is 1. The minimum Gasteiger partial charge on any atom is -0.348 e. The molecule has 0 bridgehead atoms. The molecule has 1 aliphatic rings. The Labute approximate surface area is 136 Å². The molecule has 2 nitrogen and oxygen atoms in total. The Bertz CT molecular complexity index is 688. The normalized spacial score (nSPS) is 22.2. The largest absolute Gasteiger partial charge is 0.348 e. The Morgan fingerprint density at radius 1 is 1.05 bits per heavy atom. The summed E-state index contributed by atoms with van der Waals surface area (Å²) in [6.07, 6.45) is 0. The number of benzene rings is 2. The number of aryl methyl sites for hydroxylation is 1. The summed E-state index contributed by atoms with van der Waals surface area (Å²) in [5.74, 6) is 0.328.